The van der Waals surface area contributed by atoms with Crippen LogP contribution in [0.25, 0.3) is 42.7 Å². The second kappa shape index (κ2) is 4.92. The fourth-order valence-electron chi connectivity index (χ4n) is 3.48. The van der Waals surface area contributed by atoms with E-state index in [1.807, 2.05) is 0 Å². The van der Waals surface area contributed by atoms with Crippen molar-refractivity contribution >= 4 is 42.6 Å². The third-order valence-electron chi connectivity index (χ3n) is 4.73. The van der Waals surface area contributed by atoms with E-state index in [1.165, 1.54) is 31.9 Å². The molecular formula is C21H16NOS+. The highest BCUT2D eigenvalue weighted by Crippen LogP contribution is 2.39. The number of hydrogen-bond acceptors (Lipinski definition) is 2. The average Bonchev–Trinajstić information content (AvgIpc) is 3.12. The fraction of sp³-hybridized carbons (Fsp3) is 0.0952. The van der Waals surface area contributed by atoms with Crippen LogP contribution in [0.2, 0.25) is 0 Å². The lowest BCUT2D eigenvalue weighted by atomic mass is 10.1. The fourth-order valence-corrected chi connectivity index (χ4v) is 4.70. The van der Waals surface area contributed by atoms with Crippen LogP contribution in [0.1, 0.15) is 5.56 Å². The molecule has 3 aromatic carbocycles. The number of oxazole rings is 1. The van der Waals surface area contributed by atoms with Gasteiger partial charge in [-0.25, -0.2) is 0 Å². The highest BCUT2D eigenvalue weighted by molar-refractivity contribution is 7.26. The first-order chi connectivity index (χ1) is 11.7. The van der Waals surface area contributed by atoms with E-state index in [0.29, 0.717) is 0 Å². The molecule has 0 aliphatic heterocycles. The Labute approximate surface area is 143 Å². The van der Waals surface area contributed by atoms with E-state index < -0.39 is 0 Å². The van der Waals surface area contributed by atoms with Gasteiger partial charge in [-0.05, 0) is 35.4 Å². The number of nitrogens with zero attached hydrogens (tertiary/aromatic N) is 1. The Morgan fingerprint density at radius 3 is 2.54 bits per heavy atom. The van der Waals surface area contributed by atoms with Crippen LogP contribution in [0.3, 0.4) is 0 Å². The van der Waals surface area contributed by atoms with Crippen molar-refractivity contribution in [2.24, 2.45) is 7.05 Å². The lowest BCUT2D eigenvalue weighted by Gasteiger charge is -1.99. The topological polar surface area (TPSA) is 17.0 Å². The smallest absolute Gasteiger partial charge is 0.382 e. The second-order valence-electron chi connectivity index (χ2n) is 6.18. The first-order valence-electron chi connectivity index (χ1n) is 8.03. The molecule has 0 saturated carbocycles. The molecule has 3 heteroatoms. The zero-order valence-corrected chi connectivity index (χ0v) is 14.4. The zero-order valence-electron chi connectivity index (χ0n) is 13.5. The molecule has 24 heavy (non-hydrogen) atoms. The minimum Gasteiger partial charge on any atom is -0.386 e. The van der Waals surface area contributed by atoms with Gasteiger partial charge in [-0.2, -0.15) is 4.57 Å². The van der Waals surface area contributed by atoms with Crippen molar-refractivity contribution in [3.8, 4) is 11.5 Å². The second-order valence-corrected chi connectivity index (χ2v) is 7.17. The van der Waals surface area contributed by atoms with Crippen molar-refractivity contribution in [3.63, 3.8) is 0 Å². The van der Waals surface area contributed by atoms with Gasteiger partial charge in [-0.15, -0.1) is 0 Å². The molecule has 116 valence electrons. The van der Waals surface area contributed by atoms with E-state index in [1.54, 1.807) is 11.3 Å². The molecule has 0 bridgehead atoms. The van der Waals surface area contributed by atoms with Gasteiger partial charge in [0.1, 0.15) is 7.05 Å². The minimum atomic E-state index is 0.921. The van der Waals surface area contributed by atoms with Crippen LogP contribution in [0.15, 0.2) is 65.1 Å². The lowest BCUT2D eigenvalue weighted by Crippen LogP contribution is -2.28. The Morgan fingerprint density at radius 2 is 1.67 bits per heavy atom. The standard InChI is InChI=1S/C21H16NOS/c1-13-7-3-5-9-15(13)20-22(2)18-17-12-11-14-8-4-6-10-16(14)19(17)24-21(18)23-20/h3-12H,1-2H3/q+1. The summed E-state index contributed by atoms with van der Waals surface area (Å²) in [7, 11) is 2.09. The van der Waals surface area contributed by atoms with Gasteiger partial charge in [-0.1, -0.05) is 59.9 Å². The molecule has 0 aliphatic carbocycles. The molecule has 5 rings (SSSR count). The molecule has 0 spiro atoms. The number of hydrogen-bond donors (Lipinski definition) is 0. The van der Waals surface area contributed by atoms with E-state index in [9.17, 15) is 0 Å². The van der Waals surface area contributed by atoms with Crippen molar-refractivity contribution in [2.45, 2.75) is 6.92 Å². The molecule has 0 saturated heterocycles. The SMILES string of the molecule is Cc1ccccc1-c1oc2sc3c4ccccc4ccc3c2[n+]1C. The molecule has 0 fully saturated rings. The van der Waals surface area contributed by atoms with Gasteiger partial charge in [0.05, 0.1) is 15.6 Å². The van der Waals surface area contributed by atoms with Gasteiger partial charge in [0, 0.05) is 0 Å². The summed E-state index contributed by atoms with van der Waals surface area (Å²) in [5.41, 5.74) is 3.56. The molecule has 5 aromatic rings. The maximum absolute atomic E-state index is 6.28. The van der Waals surface area contributed by atoms with Crippen LogP contribution in [-0.2, 0) is 7.05 Å². The van der Waals surface area contributed by atoms with Crippen LogP contribution < -0.4 is 4.57 Å². The highest BCUT2D eigenvalue weighted by atomic mass is 32.1. The Hall–Kier alpha value is -2.65. The molecule has 2 aromatic heterocycles. The normalized spacial score (nSPS) is 11.8. The van der Waals surface area contributed by atoms with E-state index in [0.717, 1.165) is 16.4 Å². The summed E-state index contributed by atoms with van der Waals surface area (Å²) in [5, 5.41) is 3.83. The van der Waals surface area contributed by atoms with Crippen LogP contribution in [0.5, 0.6) is 0 Å². The van der Waals surface area contributed by atoms with E-state index >= 15 is 0 Å². The van der Waals surface area contributed by atoms with Crippen LogP contribution in [0, 0.1) is 6.92 Å². The van der Waals surface area contributed by atoms with Crippen molar-refractivity contribution < 1.29 is 8.98 Å². The summed E-state index contributed by atoms with van der Waals surface area (Å²) in [6, 6.07) is 21.3. The Bertz CT molecular complexity index is 1230. The highest BCUT2D eigenvalue weighted by Gasteiger charge is 2.27. The summed E-state index contributed by atoms with van der Waals surface area (Å²) in [5.74, 6) is 0.921. The molecule has 2 nitrogen and oxygen atoms in total. The summed E-state index contributed by atoms with van der Waals surface area (Å²) >= 11 is 1.74. The third-order valence-corrected chi connectivity index (χ3v) is 5.83. The predicted octanol–water partition coefficient (Wildman–Crippen LogP) is 5.60. The molecule has 0 unspecified atom stereocenters. The minimum absolute atomic E-state index is 0.921. The molecular weight excluding hydrogens is 314 g/mol. The molecule has 0 N–H and O–H groups in total. The van der Waals surface area contributed by atoms with Gasteiger partial charge in [0.2, 0.25) is 0 Å². The Kier molecular flexibility index (Phi) is 2.82. The first kappa shape index (κ1) is 13.8. The largest absolute Gasteiger partial charge is 0.386 e. The van der Waals surface area contributed by atoms with Crippen LogP contribution >= 0.6 is 11.3 Å². The lowest BCUT2D eigenvalue weighted by molar-refractivity contribution is -0.636. The van der Waals surface area contributed by atoms with Crippen molar-refractivity contribution in [2.75, 3.05) is 0 Å². The average molecular weight is 330 g/mol. The number of benzene rings is 3. The quantitative estimate of drug-likeness (QED) is 0.366. The van der Waals surface area contributed by atoms with Gasteiger partial charge in [0.25, 0.3) is 10.4 Å². The first-order valence-corrected chi connectivity index (χ1v) is 8.84. The van der Waals surface area contributed by atoms with E-state index in [4.69, 9.17) is 4.42 Å². The third kappa shape index (κ3) is 1.79. The van der Waals surface area contributed by atoms with Gasteiger partial charge >= 0.3 is 5.89 Å². The number of thiophene rings is 1. The van der Waals surface area contributed by atoms with Crippen molar-refractivity contribution in [1.82, 2.24) is 0 Å². The number of aryl methyl sites for hydroxylation is 2. The molecule has 0 amide bonds. The van der Waals surface area contributed by atoms with Gasteiger partial charge in [0.15, 0.2) is 0 Å². The Morgan fingerprint density at radius 1 is 0.875 bits per heavy atom. The van der Waals surface area contributed by atoms with E-state index in [-0.39, 0.29) is 0 Å². The van der Waals surface area contributed by atoms with E-state index in [2.05, 4.69) is 79.2 Å². The molecule has 0 aliphatic rings. The maximum Gasteiger partial charge on any atom is 0.382 e. The number of fused-ring (bicyclic) bond motifs is 5. The summed E-state index contributed by atoms with van der Waals surface area (Å²) in [4.78, 5) is 0.988. The van der Waals surface area contributed by atoms with Gasteiger partial charge < -0.3 is 4.42 Å². The van der Waals surface area contributed by atoms with Crippen LogP contribution in [-0.4, -0.2) is 0 Å². The van der Waals surface area contributed by atoms with Crippen molar-refractivity contribution in [3.05, 3.63) is 66.2 Å². The molecule has 0 atom stereocenters. The molecule has 0 radical (unpaired) electrons. The summed E-state index contributed by atoms with van der Waals surface area (Å²) < 4.78 is 9.77. The summed E-state index contributed by atoms with van der Waals surface area (Å²) in [6.45, 7) is 2.12. The van der Waals surface area contributed by atoms with Crippen LogP contribution in [0.4, 0.5) is 0 Å². The number of rotatable bonds is 1. The summed E-state index contributed by atoms with van der Waals surface area (Å²) in [6.07, 6.45) is 0. The zero-order chi connectivity index (χ0) is 16.3. The monoisotopic (exact) mass is 330 g/mol. The van der Waals surface area contributed by atoms with Gasteiger partial charge in [-0.3, -0.25) is 0 Å². The molecule has 2 heterocycles. The maximum atomic E-state index is 6.28. The van der Waals surface area contributed by atoms with Crippen molar-refractivity contribution in [1.29, 1.82) is 0 Å². The predicted molar refractivity (Wildman–Crippen MR) is 100 cm³/mol. The Balaban J connectivity index is 1.88. The number of aromatic nitrogens is 1.